The molecule has 6 atom stereocenters. The lowest BCUT2D eigenvalue weighted by atomic mass is 9.92. The van der Waals surface area contributed by atoms with Crippen LogP contribution in [0, 0.1) is 17.2 Å². The summed E-state index contributed by atoms with van der Waals surface area (Å²) in [6, 6.07) is 12.0. The van der Waals surface area contributed by atoms with Gasteiger partial charge in [0.05, 0.1) is 18.9 Å². The van der Waals surface area contributed by atoms with Gasteiger partial charge in [-0.05, 0) is 37.1 Å². The summed E-state index contributed by atoms with van der Waals surface area (Å²) in [5.74, 6) is -0.143. The summed E-state index contributed by atoms with van der Waals surface area (Å²) in [5, 5.41) is 38.7. The Labute approximate surface area is 242 Å². The molecule has 0 amide bonds. The van der Waals surface area contributed by atoms with Gasteiger partial charge in [0.25, 0.3) is 0 Å². The predicted octanol–water partition coefficient (Wildman–Crippen LogP) is 2.31. The summed E-state index contributed by atoms with van der Waals surface area (Å²) in [4.78, 5) is 16.6. The minimum Gasteiger partial charge on any atom is -0.464 e. The molecular formula is C27H35N6O8P. The minimum atomic E-state index is -4.32. The number of rotatable bonds is 13. The topological polar surface area (TPSA) is 204 Å². The number of esters is 1. The van der Waals surface area contributed by atoms with Crippen LogP contribution in [0.1, 0.15) is 39.3 Å². The van der Waals surface area contributed by atoms with Crippen molar-refractivity contribution in [2.24, 2.45) is 5.92 Å². The molecule has 4 unspecified atom stereocenters. The highest BCUT2D eigenvalue weighted by Gasteiger charge is 2.58. The van der Waals surface area contributed by atoms with E-state index in [4.69, 9.17) is 24.3 Å². The Hall–Kier alpha value is -3.57. The van der Waals surface area contributed by atoms with Crippen LogP contribution >= 0.6 is 7.75 Å². The Kier molecular flexibility index (Phi) is 9.83. The van der Waals surface area contributed by atoms with Gasteiger partial charge in [-0.1, -0.05) is 44.9 Å². The molecule has 1 saturated heterocycles. The van der Waals surface area contributed by atoms with Crippen LogP contribution in [-0.2, 0) is 29.0 Å². The number of nitrogens with one attached hydrogen (secondary N) is 1. The second-order valence-electron chi connectivity index (χ2n) is 9.96. The Morgan fingerprint density at radius 2 is 1.98 bits per heavy atom. The molecule has 2 aromatic heterocycles. The number of benzene rings is 1. The summed E-state index contributed by atoms with van der Waals surface area (Å²) < 4.78 is 37.8. The van der Waals surface area contributed by atoms with Crippen molar-refractivity contribution in [2.75, 3.05) is 18.9 Å². The Balaban J connectivity index is 1.53. The van der Waals surface area contributed by atoms with Crippen molar-refractivity contribution < 1.29 is 38.1 Å². The van der Waals surface area contributed by atoms with Gasteiger partial charge in [-0.2, -0.15) is 15.4 Å². The number of aromatic nitrogens is 3. The standard InChI is InChI=1S/C27H35N6O8P/c1-4-18(5-2)13-38-26(36)17(3)32-42(37,41-19-9-7-6-8-10-19)39-14-21-23(34)24(35)27(15-28,40-21)22-12-11-20-25(29)30-16-31-33(20)22/h6-12,16-18,21,23-24,34-35H,4-5,13-14H2,1-3H3,(H,32,37)(H2,29,30,31)/t17?,21?,23?,24?,27-,42-/m0/s1. The summed E-state index contributed by atoms with van der Waals surface area (Å²) in [6.45, 7) is 5.08. The average molecular weight is 603 g/mol. The molecule has 1 fully saturated rings. The van der Waals surface area contributed by atoms with Crippen LogP contribution in [0.5, 0.6) is 5.75 Å². The fourth-order valence-corrected chi connectivity index (χ4v) is 6.07. The molecule has 42 heavy (non-hydrogen) atoms. The Morgan fingerprint density at radius 1 is 1.26 bits per heavy atom. The minimum absolute atomic E-state index is 0.0961. The SMILES string of the molecule is CCC(CC)COC(=O)C(C)N[P@](=O)(OCC1O[C@@](C#N)(c2ccc3c(N)ncnn23)C(O)C1O)Oc1ccccc1. The molecule has 0 spiro atoms. The van der Waals surface area contributed by atoms with Gasteiger partial charge in [0.15, 0.2) is 5.82 Å². The molecule has 0 saturated carbocycles. The molecular weight excluding hydrogens is 567 g/mol. The zero-order chi connectivity index (χ0) is 30.5. The van der Waals surface area contributed by atoms with E-state index in [2.05, 4.69) is 15.2 Å². The number of anilines is 1. The smallest absolute Gasteiger partial charge is 0.459 e. The molecule has 4 rings (SSSR count). The lowest BCUT2D eigenvalue weighted by molar-refractivity contribution is -0.146. The van der Waals surface area contributed by atoms with Crippen molar-refractivity contribution in [2.45, 2.75) is 63.6 Å². The van der Waals surface area contributed by atoms with Gasteiger partial charge in [0, 0.05) is 0 Å². The molecule has 226 valence electrons. The molecule has 15 heteroatoms. The van der Waals surface area contributed by atoms with Crippen LogP contribution in [0.3, 0.4) is 0 Å². The van der Waals surface area contributed by atoms with Crippen molar-refractivity contribution in [3.8, 4) is 11.8 Å². The van der Waals surface area contributed by atoms with E-state index in [-0.39, 0.29) is 29.8 Å². The number of nitrogen functional groups attached to an aromatic ring is 1. The number of ether oxygens (including phenoxy) is 2. The highest BCUT2D eigenvalue weighted by molar-refractivity contribution is 7.52. The maximum absolute atomic E-state index is 13.9. The van der Waals surface area contributed by atoms with E-state index in [1.807, 2.05) is 19.9 Å². The maximum atomic E-state index is 13.9. The van der Waals surface area contributed by atoms with Gasteiger partial charge in [-0.3, -0.25) is 9.32 Å². The molecule has 14 nitrogen and oxygen atoms in total. The summed E-state index contributed by atoms with van der Waals surface area (Å²) in [5.41, 5.74) is 4.28. The zero-order valence-corrected chi connectivity index (χ0v) is 24.4. The van der Waals surface area contributed by atoms with E-state index in [1.54, 1.807) is 36.4 Å². The lowest BCUT2D eigenvalue weighted by Gasteiger charge is -2.25. The fourth-order valence-electron chi connectivity index (χ4n) is 4.57. The number of para-hydroxylation sites is 1. The van der Waals surface area contributed by atoms with E-state index in [0.717, 1.165) is 12.8 Å². The van der Waals surface area contributed by atoms with E-state index in [1.165, 1.54) is 23.8 Å². The largest absolute Gasteiger partial charge is 0.464 e. The monoisotopic (exact) mass is 602 g/mol. The number of nitrogens with zero attached hydrogens (tertiary/aromatic N) is 4. The number of aliphatic hydroxyl groups excluding tert-OH is 2. The van der Waals surface area contributed by atoms with Crippen molar-refractivity contribution in [3.63, 3.8) is 0 Å². The number of aliphatic hydroxyl groups is 2. The fraction of sp³-hybridized carbons (Fsp3) is 0.481. The van der Waals surface area contributed by atoms with Crippen LogP contribution in [0.25, 0.3) is 5.52 Å². The van der Waals surface area contributed by atoms with Crippen molar-refractivity contribution in [1.82, 2.24) is 19.7 Å². The third-order valence-corrected chi connectivity index (χ3v) is 8.83. The first-order chi connectivity index (χ1) is 20.1. The zero-order valence-electron chi connectivity index (χ0n) is 23.5. The van der Waals surface area contributed by atoms with Crippen LogP contribution in [0.2, 0.25) is 0 Å². The molecule has 3 heterocycles. The number of hydrogen-bond donors (Lipinski definition) is 4. The number of nitriles is 1. The third kappa shape index (κ3) is 6.42. The number of carbonyl (C=O) groups is 1. The highest BCUT2D eigenvalue weighted by Crippen LogP contribution is 2.47. The average Bonchev–Trinajstić information content (AvgIpc) is 3.53. The van der Waals surface area contributed by atoms with Crippen LogP contribution in [0.4, 0.5) is 5.82 Å². The first-order valence-corrected chi connectivity index (χ1v) is 15.1. The summed E-state index contributed by atoms with van der Waals surface area (Å²) in [6.07, 6.45) is -1.87. The normalized spacial score (nSPS) is 24.3. The molecule has 0 aliphatic carbocycles. The lowest BCUT2D eigenvalue weighted by Crippen LogP contribution is -2.41. The molecule has 3 aromatic rings. The summed E-state index contributed by atoms with van der Waals surface area (Å²) in [7, 11) is -4.32. The van der Waals surface area contributed by atoms with Crippen molar-refractivity contribution in [1.29, 1.82) is 5.26 Å². The van der Waals surface area contributed by atoms with E-state index >= 15 is 0 Å². The Bertz CT molecular complexity index is 1460. The molecule has 1 aliphatic heterocycles. The highest BCUT2D eigenvalue weighted by atomic mass is 31.2. The number of fused-ring (bicyclic) bond motifs is 1. The van der Waals surface area contributed by atoms with Crippen LogP contribution in [0.15, 0.2) is 48.8 Å². The van der Waals surface area contributed by atoms with E-state index in [9.17, 15) is 24.8 Å². The third-order valence-electron chi connectivity index (χ3n) is 7.19. The van der Waals surface area contributed by atoms with Gasteiger partial charge in [0.1, 0.15) is 48.0 Å². The Morgan fingerprint density at radius 3 is 2.64 bits per heavy atom. The van der Waals surface area contributed by atoms with Gasteiger partial charge >= 0.3 is 13.7 Å². The predicted molar refractivity (Wildman–Crippen MR) is 150 cm³/mol. The van der Waals surface area contributed by atoms with Crippen molar-refractivity contribution >= 4 is 25.1 Å². The van der Waals surface area contributed by atoms with Gasteiger partial charge in [-0.15, -0.1) is 0 Å². The van der Waals surface area contributed by atoms with Crippen LogP contribution in [-0.4, -0.2) is 68.3 Å². The molecule has 1 aliphatic rings. The van der Waals surface area contributed by atoms with Crippen molar-refractivity contribution in [3.05, 3.63) is 54.5 Å². The first-order valence-electron chi connectivity index (χ1n) is 13.5. The second-order valence-corrected chi connectivity index (χ2v) is 11.7. The second kappa shape index (κ2) is 13.2. The number of hydrogen-bond acceptors (Lipinski definition) is 12. The van der Waals surface area contributed by atoms with Gasteiger partial charge < -0.3 is 29.9 Å². The van der Waals surface area contributed by atoms with E-state index in [0.29, 0.717) is 5.52 Å². The van der Waals surface area contributed by atoms with Gasteiger partial charge in [0.2, 0.25) is 5.60 Å². The molecule has 5 N–H and O–H groups in total. The first kappa shape index (κ1) is 31.4. The summed E-state index contributed by atoms with van der Waals surface area (Å²) >= 11 is 0. The molecule has 1 aromatic carbocycles. The molecule has 0 bridgehead atoms. The van der Waals surface area contributed by atoms with E-state index < -0.39 is 50.3 Å². The van der Waals surface area contributed by atoms with Gasteiger partial charge in [-0.25, -0.2) is 14.1 Å². The number of carbonyl (C=O) groups excluding carboxylic acids is 1. The molecule has 0 radical (unpaired) electrons. The number of nitrogens with two attached hydrogens (primary N) is 1. The quantitative estimate of drug-likeness (QED) is 0.164. The maximum Gasteiger partial charge on any atom is 0.459 e. The van der Waals surface area contributed by atoms with Crippen LogP contribution < -0.4 is 15.3 Å².